The number of aromatic hydroxyl groups is 2. The summed E-state index contributed by atoms with van der Waals surface area (Å²) in [6.07, 6.45) is 0. The molecule has 4 heteroatoms. The summed E-state index contributed by atoms with van der Waals surface area (Å²) in [7, 11) is 0. The van der Waals surface area contributed by atoms with Crippen LogP contribution in [0.15, 0.2) is 16.6 Å². The van der Waals surface area contributed by atoms with E-state index in [1.165, 1.54) is 0 Å². The number of phenolic OH excluding ortho intramolecular Hbond substituents is 2. The van der Waals surface area contributed by atoms with Crippen LogP contribution in [0.25, 0.3) is 0 Å². The molecule has 14 heavy (non-hydrogen) atoms. The van der Waals surface area contributed by atoms with Crippen molar-refractivity contribution in [3.63, 3.8) is 0 Å². The Morgan fingerprint density at radius 2 is 1.79 bits per heavy atom. The average molecular weight is 261 g/mol. The predicted molar refractivity (Wildman–Crippen MR) is 57.6 cm³/mol. The molecular formula is C10H13BrO3. The number of phenols is 2. The molecule has 0 aliphatic heterocycles. The van der Waals surface area contributed by atoms with Gasteiger partial charge in [-0.3, -0.25) is 0 Å². The normalized spacial score (nSPS) is 11.7. The van der Waals surface area contributed by atoms with Crippen LogP contribution in [-0.2, 0) is 5.41 Å². The van der Waals surface area contributed by atoms with Crippen LogP contribution in [0, 0.1) is 0 Å². The summed E-state index contributed by atoms with van der Waals surface area (Å²) in [5, 5.41) is 28.2. The van der Waals surface area contributed by atoms with E-state index in [0.29, 0.717) is 10.0 Å². The van der Waals surface area contributed by atoms with Crippen molar-refractivity contribution in [2.45, 2.75) is 19.3 Å². The maximum Gasteiger partial charge on any atom is 0.172 e. The van der Waals surface area contributed by atoms with E-state index in [2.05, 4.69) is 15.9 Å². The van der Waals surface area contributed by atoms with Crippen molar-refractivity contribution in [3.05, 3.63) is 22.2 Å². The minimum atomic E-state index is -0.567. The molecule has 0 saturated carbocycles. The van der Waals surface area contributed by atoms with Crippen LogP contribution in [0.3, 0.4) is 0 Å². The van der Waals surface area contributed by atoms with E-state index >= 15 is 0 Å². The summed E-state index contributed by atoms with van der Waals surface area (Å²) in [5.74, 6) is -0.373. The van der Waals surface area contributed by atoms with Gasteiger partial charge >= 0.3 is 0 Å². The largest absolute Gasteiger partial charge is 0.504 e. The highest BCUT2D eigenvalue weighted by Gasteiger charge is 2.25. The number of aliphatic hydroxyl groups is 1. The zero-order valence-electron chi connectivity index (χ0n) is 8.08. The Bertz CT molecular complexity index is 347. The second-order valence-corrected chi connectivity index (χ2v) is 4.69. The third-order valence-electron chi connectivity index (χ3n) is 2.23. The molecule has 0 spiro atoms. The molecule has 3 nitrogen and oxygen atoms in total. The first kappa shape index (κ1) is 11.3. The van der Waals surface area contributed by atoms with Gasteiger partial charge in [-0.2, -0.15) is 0 Å². The molecule has 0 aliphatic rings. The number of hydrogen-bond donors (Lipinski definition) is 3. The Hall–Kier alpha value is -0.740. The summed E-state index contributed by atoms with van der Waals surface area (Å²) >= 11 is 3.10. The van der Waals surface area contributed by atoms with Gasteiger partial charge < -0.3 is 15.3 Å². The summed E-state index contributed by atoms with van der Waals surface area (Å²) in [6.45, 7) is 3.48. The molecule has 1 rings (SSSR count). The van der Waals surface area contributed by atoms with Crippen LogP contribution in [0.2, 0.25) is 0 Å². The van der Waals surface area contributed by atoms with Crippen molar-refractivity contribution in [1.82, 2.24) is 0 Å². The number of halogens is 1. The van der Waals surface area contributed by atoms with Crippen molar-refractivity contribution in [1.29, 1.82) is 0 Å². The highest BCUT2D eigenvalue weighted by Crippen LogP contribution is 2.41. The van der Waals surface area contributed by atoms with Crippen molar-refractivity contribution >= 4 is 15.9 Å². The zero-order valence-corrected chi connectivity index (χ0v) is 9.67. The Balaban J connectivity index is 3.31. The standard InChI is InChI=1S/C10H13BrO3/c1-10(2,5-12)6-3-4-7(11)9(14)8(6)13/h3-4,12-14H,5H2,1-2H3. The van der Waals surface area contributed by atoms with Gasteiger partial charge in [0.1, 0.15) is 0 Å². The molecule has 0 amide bonds. The van der Waals surface area contributed by atoms with Crippen LogP contribution >= 0.6 is 15.9 Å². The first-order valence-corrected chi connectivity index (χ1v) is 5.01. The molecule has 0 radical (unpaired) electrons. The molecule has 0 fully saturated rings. The highest BCUT2D eigenvalue weighted by molar-refractivity contribution is 9.10. The molecule has 0 saturated heterocycles. The number of hydrogen-bond acceptors (Lipinski definition) is 3. The lowest BCUT2D eigenvalue weighted by atomic mass is 9.85. The topological polar surface area (TPSA) is 60.7 Å². The van der Waals surface area contributed by atoms with E-state index < -0.39 is 5.41 Å². The van der Waals surface area contributed by atoms with Crippen LogP contribution in [-0.4, -0.2) is 21.9 Å². The molecule has 1 aromatic rings. The van der Waals surface area contributed by atoms with Gasteiger partial charge in [0.05, 0.1) is 11.1 Å². The van der Waals surface area contributed by atoms with Crippen LogP contribution in [0.4, 0.5) is 0 Å². The van der Waals surface area contributed by atoms with Gasteiger partial charge in [0.2, 0.25) is 0 Å². The Morgan fingerprint density at radius 1 is 1.21 bits per heavy atom. The van der Waals surface area contributed by atoms with Gasteiger partial charge in [0.25, 0.3) is 0 Å². The lowest BCUT2D eigenvalue weighted by Gasteiger charge is -2.23. The quantitative estimate of drug-likeness (QED) is 0.715. The van der Waals surface area contributed by atoms with Gasteiger partial charge in [-0.15, -0.1) is 0 Å². The fourth-order valence-corrected chi connectivity index (χ4v) is 1.51. The van der Waals surface area contributed by atoms with Gasteiger partial charge in [-0.05, 0) is 22.0 Å². The van der Waals surface area contributed by atoms with E-state index in [4.69, 9.17) is 5.11 Å². The summed E-state index contributed by atoms with van der Waals surface area (Å²) < 4.78 is 0.437. The van der Waals surface area contributed by atoms with E-state index in [0.717, 1.165) is 0 Å². The van der Waals surface area contributed by atoms with Crippen molar-refractivity contribution in [2.24, 2.45) is 0 Å². The third-order valence-corrected chi connectivity index (χ3v) is 2.87. The summed E-state index contributed by atoms with van der Waals surface area (Å²) in [6, 6.07) is 3.32. The van der Waals surface area contributed by atoms with Crippen molar-refractivity contribution in [2.75, 3.05) is 6.61 Å². The predicted octanol–water partition coefficient (Wildman–Crippen LogP) is 2.13. The second-order valence-electron chi connectivity index (χ2n) is 3.83. The molecule has 3 N–H and O–H groups in total. The van der Waals surface area contributed by atoms with E-state index in [1.54, 1.807) is 26.0 Å². The third kappa shape index (κ3) is 1.86. The van der Waals surface area contributed by atoms with Gasteiger partial charge in [-0.25, -0.2) is 0 Å². The van der Waals surface area contributed by atoms with Crippen molar-refractivity contribution in [3.8, 4) is 11.5 Å². The average Bonchev–Trinajstić information content (AvgIpc) is 2.14. The lowest BCUT2D eigenvalue weighted by Crippen LogP contribution is -2.22. The molecule has 78 valence electrons. The highest BCUT2D eigenvalue weighted by atomic mass is 79.9. The SMILES string of the molecule is CC(C)(CO)c1ccc(Br)c(O)c1O. The number of benzene rings is 1. The monoisotopic (exact) mass is 260 g/mol. The maximum atomic E-state index is 9.65. The van der Waals surface area contributed by atoms with Crippen LogP contribution in [0.1, 0.15) is 19.4 Å². The minimum Gasteiger partial charge on any atom is -0.504 e. The first-order valence-electron chi connectivity index (χ1n) is 4.22. The summed E-state index contributed by atoms with van der Waals surface area (Å²) in [5.41, 5.74) is -0.0388. The molecule has 0 heterocycles. The zero-order chi connectivity index (χ0) is 10.9. The molecule has 0 bridgehead atoms. The number of rotatable bonds is 2. The second kappa shape index (κ2) is 3.79. The van der Waals surface area contributed by atoms with Crippen LogP contribution < -0.4 is 0 Å². The molecule has 0 atom stereocenters. The molecule has 0 unspecified atom stereocenters. The summed E-state index contributed by atoms with van der Waals surface area (Å²) in [4.78, 5) is 0. The van der Waals surface area contributed by atoms with Gasteiger partial charge in [0.15, 0.2) is 11.5 Å². The molecular weight excluding hydrogens is 248 g/mol. The van der Waals surface area contributed by atoms with E-state index in [1.807, 2.05) is 0 Å². The Labute approximate surface area is 91.1 Å². The maximum absolute atomic E-state index is 9.65. The van der Waals surface area contributed by atoms with Gasteiger partial charge in [0, 0.05) is 11.0 Å². The van der Waals surface area contributed by atoms with Crippen LogP contribution in [0.5, 0.6) is 11.5 Å². The number of aliphatic hydroxyl groups excluding tert-OH is 1. The lowest BCUT2D eigenvalue weighted by molar-refractivity contribution is 0.214. The molecule has 0 aromatic heterocycles. The molecule has 0 aliphatic carbocycles. The van der Waals surface area contributed by atoms with E-state index in [9.17, 15) is 10.2 Å². The van der Waals surface area contributed by atoms with Crippen molar-refractivity contribution < 1.29 is 15.3 Å². The van der Waals surface area contributed by atoms with E-state index in [-0.39, 0.29) is 18.1 Å². The minimum absolute atomic E-state index is 0.0956. The fourth-order valence-electron chi connectivity index (χ4n) is 1.19. The smallest absolute Gasteiger partial charge is 0.172 e. The molecule has 1 aromatic carbocycles. The Morgan fingerprint density at radius 3 is 2.29 bits per heavy atom. The van der Waals surface area contributed by atoms with Gasteiger partial charge in [-0.1, -0.05) is 19.9 Å². The first-order chi connectivity index (χ1) is 6.40. The Kier molecular flexibility index (Phi) is 3.07. The fraction of sp³-hybridized carbons (Fsp3) is 0.400.